The summed E-state index contributed by atoms with van der Waals surface area (Å²) < 4.78 is 23.8. The second-order valence-electron chi connectivity index (χ2n) is 7.02. The molecule has 158 valence electrons. The first kappa shape index (κ1) is 20.1. The van der Waals surface area contributed by atoms with Gasteiger partial charge in [0, 0.05) is 4.47 Å². The van der Waals surface area contributed by atoms with Crippen LogP contribution in [0.25, 0.3) is 33.8 Å². The van der Waals surface area contributed by atoms with Crippen molar-refractivity contribution in [2.24, 2.45) is 0 Å². The highest BCUT2D eigenvalue weighted by Gasteiger charge is 2.20. The Hall–Kier alpha value is -3.78. The standard InChI is InChI=1S/C24H16BrFN4O2/c1-32-18-12-10-17(11-13-18)30-23-20(14-27-30)24(31)29(16-8-6-15(25)7-9-16)22(28-23)19-4-2-3-5-21(19)26/h2-14H,1H3. The topological polar surface area (TPSA) is 61.9 Å². The largest absolute Gasteiger partial charge is 0.497 e. The molecule has 0 aliphatic carbocycles. The van der Waals surface area contributed by atoms with Crippen LogP contribution in [-0.2, 0) is 0 Å². The molecular weight excluding hydrogens is 475 g/mol. The molecule has 0 saturated carbocycles. The minimum Gasteiger partial charge on any atom is -0.497 e. The van der Waals surface area contributed by atoms with Gasteiger partial charge in [-0.2, -0.15) is 5.10 Å². The molecule has 6 nitrogen and oxygen atoms in total. The van der Waals surface area contributed by atoms with Gasteiger partial charge in [0.2, 0.25) is 0 Å². The van der Waals surface area contributed by atoms with E-state index in [4.69, 9.17) is 9.72 Å². The van der Waals surface area contributed by atoms with E-state index in [2.05, 4.69) is 21.0 Å². The zero-order valence-corrected chi connectivity index (χ0v) is 18.5. The van der Waals surface area contributed by atoms with Crippen molar-refractivity contribution in [3.63, 3.8) is 0 Å². The molecule has 0 N–H and O–H groups in total. The van der Waals surface area contributed by atoms with Crippen LogP contribution in [-0.4, -0.2) is 26.4 Å². The summed E-state index contributed by atoms with van der Waals surface area (Å²) >= 11 is 3.41. The zero-order chi connectivity index (χ0) is 22.2. The van der Waals surface area contributed by atoms with Crippen LogP contribution in [0.5, 0.6) is 5.75 Å². The number of ether oxygens (including phenoxy) is 1. The van der Waals surface area contributed by atoms with Crippen LogP contribution in [0.15, 0.2) is 88.3 Å². The van der Waals surface area contributed by atoms with E-state index in [1.807, 2.05) is 24.3 Å². The molecule has 0 aliphatic heterocycles. The van der Waals surface area contributed by atoms with Crippen molar-refractivity contribution in [2.45, 2.75) is 0 Å². The van der Waals surface area contributed by atoms with Crippen molar-refractivity contribution >= 4 is 27.0 Å². The van der Waals surface area contributed by atoms with E-state index >= 15 is 0 Å². The zero-order valence-electron chi connectivity index (χ0n) is 16.9. The molecule has 5 rings (SSSR count). The Morgan fingerprint density at radius 3 is 2.31 bits per heavy atom. The maximum Gasteiger partial charge on any atom is 0.269 e. The smallest absolute Gasteiger partial charge is 0.269 e. The van der Waals surface area contributed by atoms with Crippen molar-refractivity contribution < 1.29 is 9.13 Å². The molecule has 5 aromatic rings. The highest BCUT2D eigenvalue weighted by molar-refractivity contribution is 9.10. The van der Waals surface area contributed by atoms with E-state index in [0.29, 0.717) is 28.2 Å². The van der Waals surface area contributed by atoms with E-state index in [-0.39, 0.29) is 16.9 Å². The maximum atomic E-state index is 14.8. The second kappa shape index (κ2) is 8.05. The summed E-state index contributed by atoms with van der Waals surface area (Å²) in [7, 11) is 1.59. The van der Waals surface area contributed by atoms with Crippen LogP contribution in [0, 0.1) is 5.82 Å². The first-order valence-electron chi connectivity index (χ1n) is 9.73. The summed E-state index contributed by atoms with van der Waals surface area (Å²) in [6.07, 6.45) is 1.48. The van der Waals surface area contributed by atoms with E-state index in [0.717, 1.165) is 4.47 Å². The SMILES string of the molecule is COc1ccc(-n2ncc3c(=O)n(-c4ccc(Br)cc4)c(-c4ccccc4F)nc32)cc1. The minimum absolute atomic E-state index is 0.193. The summed E-state index contributed by atoms with van der Waals surface area (Å²) in [6, 6.07) is 20.7. The van der Waals surface area contributed by atoms with Crippen LogP contribution in [0.3, 0.4) is 0 Å². The summed E-state index contributed by atoms with van der Waals surface area (Å²) in [5, 5.41) is 4.71. The predicted octanol–water partition coefficient (Wildman–Crippen LogP) is 5.15. The Bertz CT molecular complexity index is 1490. The van der Waals surface area contributed by atoms with Crippen molar-refractivity contribution in [1.82, 2.24) is 19.3 Å². The predicted molar refractivity (Wildman–Crippen MR) is 124 cm³/mol. The molecule has 0 aliphatic rings. The molecule has 8 heteroatoms. The number of fused-ring (bicyclic) bond motifs is 1. The fraction of sp³-hybridized carbons (Fsp3) is 0.0417. The Morgan fingerprint density at radius 1 is 0.938 bits per heavy atom. The summed E-state index contributed by atoms with van der Waals surface area (Å²) in [6.45, 7) is 0. The number of rotatable bonds is 4. The van der Waals surface area contributed by atoms with Crippen LogP contribution in [0.4, 0.5) is 4.39 Å². The number of nitrogens with zero attached hydrogens (tertiary/aromatic N) is 4. The van der Waals surface area contributed by atoms with E-state index in [9.17, 15) is 9.18 Å². The van der Waals surface area contributed by atoms with Gasteiger partial charge in [-0.3, -0.25) is 9.36 Å². The lowest BCUT2D eigenvalue weighted by Crippen LogP contribution is -2.22. The van der Waals surface area contributed by atoms with E-state index in [1.54, 1.807) is 54.3 Å². The molecule has 2 heterocycles. The number of methoxy groups -OCH3 is 1. The third-order valence-electron chi connectivity index (χ3n) is 5.12. The molecule has 2 aromatic heterocycles. The monoisotopic (exact) mass is 490 g/mol. The quantitative estimate of drug-likeness (QED) is 0.349. The summed E-state index contributed by atoms with van der Waals surface area (Å²) in [5.74, 6) is 0.418. The fourth-order valence-corrected chi connectivity index (χ4v) is 3.80. The van der Waals surface area contributed by atoms with Gasteiger partial charge in [-0.1, -0.05) is 28.1 Å². The molecule has 0 atom stereocenters. The minimum atomic E-state index is -0.472. The Labute approximate surface area is 190 Å². The number of hydrogen-bond donors (Lipinski definition) is 0. The molecular formula is C24H16BrFN4O2. The summed E-state index contributed by atoms with van der Waals surface area (Å²) in [5.41, 5.74) is 1.50. The third-order valence-corrected chi connectivity index (χ3v) is 5.65. The first-order chi connectivity index (χ1) is 15.6. The Kier molecular flexibility index (Phi) is 5.07. The van der Waals surface area contributed by atoms with Gasteiger partial charge in [-0.05, 0) is 60.7 Å². The average molecular weight is 491 g/mol. The van der Waals surface area contributed by atoms with Gasteiger partial charge in [0.1, 0.15) is 17.0 Å². The summed E-state index contributed by atoms with van der Waals surface area (Å²) in [4.78, 5) is 18.3. The number of benzene rings is 3. The van der Waals surface area contributed by atoms with Gasteiger partial charge in [0.15, 0.2) is 11.5 Å². The van der Waals surface area contributed by atoms with Gasteiger partial charge in [0.25, 0.3) is 5.56 Å². The molecule has 0 saturated heterocycles. The van der Waals surface area contributed by atoms with Gasteiger partial charge in [-0.25, -0.2) is 14.1 Å². The average Bonchev–Trinajstić information content (AvgIpc) is 3.25. The van der Waals surface area contributed by atoms with Crippen molar-refractivity contribution in [3.05, 3.63) is 99.6 Å². The van der Waals surface area contributed by atoms with Gasteiger partial charge < -0.3 is 4.74 Å². The lowest BCUT2D eigenvalue weighted by Gasteiger charge is -2.14. The van der Waals surface area contributed by atoms with Gasteiger partial charge in [0.05, 0.1) is 30.2 Å². The van der Waals surface area contributed by atoms with Crippen molar-refractivity contribution in [2.75, 3.05) is 7.11 Å². The Morgan fingerprint density at radius 2 is 1.62 bits per heavy atom. The molecule has 3 aromatic carbocycles. The molecule has 0 amide bonds. The molecule has 0 radical (unpaired) electrons. The third kappa shape index (κ3) is 3.38. The normalized spacial score (nSPS) is 11.1. The first-order valence-corrected chi connectivity index (χ1v) is 10.5. The lowest BCUT2D eigenvalue weighted by molar-refractivity contribution is 0.414. The van der Waals surface area contributed by atoms with Crippen molar-refractivity contribution in [3.8, 4) is 28.5 Å². The van der Waals surface area contributed by atoms with Crippen LogP contribution < -0.4 is 10.3 Å². The maximum absolute atomic E-state index is 14.8. The van der Waals surface area contributed by atoms with Crippen molar-refractivity contribution in [1.29, 1.82) is 0 Å². The van der Waals surface area contributed by atoms with Crippen LogP contribution >= 0.6 is 15.9 Å². The molecule has 0 fully saturated rings. The fourth-order valence-electron chi connectivity index (χ4n) is 3.53. The molecule has 32 heavy (non-hydrogen) atoms. The van der Waals surface area contributed by atoms with Gasteiger partial charge in [-0.15, -0.1) is 0 Å². The number of halogens is 2. The van der Waals surface area contributed by atoms with Crippen LogP contribution in [0.1, 0.15) is 0 Å². The highest BCUT2D eigenvalue weighted by atomic mass is 79.9. The highest BCUT2D eigenvalue weighted by Crippen LogP contribution is 2.26. The van der Waals surface area contributed by atoms with E-state index < -0.39 is 5.82 Å². The molecule has 0 unspecified atom stereocenters. The molecule has 0 spiro atoms. The van der Waals surface area contributed by atoms with Crippen LogP contribution in [0.2, 0.25) is 0 Å². The van der Waals surface area contributed by atoms with Gasteiger partial charge >= 0.3 is 0 Å². The molecule has 0 bridgehead atoms. The second-order valence-corrected chi connectivity index (χ2v) is 7.94. The van der Waals surface area contributed by atoms with E-state index in [1.165, 1.54) is 16.8 Å². The number of aromatic nitrogens is 4. The number of hydrogen-bond acceptors (Lipinski definition) is 4. The Balaban J connectivity index is 1.82. The lowest BCUT2D eigenvalue weighted by atomic mass is 10.1.